The zero-order chi connectivity index (χ0) is 9.61. The van der Waals surface area contributed by atoms with Gasteiger partial charge in [-0.2, -0.15) is 11.1 Å². The molecule has 72 valence electrons. The summed E-state index contributed by atoms with van der Waals surface area (Å²) in [5.41, 5.74) is 0. The molecule has 0 aromatic carbocycles. The van der Waals surface area contributed by atoms with E-state index in [0.717, 1.165) is 18.9 Å². The Labute approximate surface area is 80.0 Å². The Morgan fingerprint density at radius 1 is 1.42 bits per heavy atom. The molecule has 0 aliphatic rings. The Morgan fingerprint density at radius 2 is 2.00 bits per heavy atom. The van der Waals surface area contributed by atoms with Crippen molar-refractivity contribution in [1.29, 1.82) is 0 Å². The van der Waals surface area contributed by atoms with Crippen LogP contribution in [0.2, 0.25) is 19.1 Å². The number of methoxy groups -OCH3 is 1. The molecule has 0 saturated heterocycles. The Bertz CT molecular complexity index is 142. The number of rotatable bonds is 5. The van der Waals surface area contributed by atoms with E-state index >= 15 is 0 Å². The van der Waals surface area contributed by atoms with Gasteiger partial charge in [0.1, 0.15) is 7.38 Å². The molecule has 0 N–H and O–H groups in total. The molecule has 0 aliphatic heterocycles. The Hall–Kier alpha value is -0.0231. The SMILES string of the molecule is COC(=O)CCCC[Si](C)(C)Cl. The molecule has 0 unspecified atom stereocenters. The van der Waals surface area contributed by atoms with Crippen LogP contribution in [0.15, 0.2) is 0 Å². The second-order valence-corrected chi connectivity index (χ2v) is 10.5. The van der Waals surface area contributed by atoms with Crippen molar-refractivity contribution in [2.24, 2.45) is 0 Å². The lowest BCUT2D eigenvalue weighted by Crippen LogP contribution is -2.15. The maximum absolute atomic E-state index is 10.7. The Morgan fingerprint density at radius 3 is 2.42 bits per heavy atom. The van der Waals surface area contributed by atoms with Gasteiger partial charge in [0.15, 0.2) is 0 Å². The molecular formula is C8H17ClO2Si. The normalized spacial score (nSPS) is 11.3. The molecule has 0 aromatic rings. The lowest BCUT2D eigenvalue weighted by molar-refractivity contribution is -0.140. The van der Waals surface area contributed by atoms with Crippen LogP contribution in [0.1, 0.15) is 19.3 Å². The van der Waals surface area contributed by atoms with Crippen molar-refractivity contribution in [2.75, 3.05) is 7.11 Å². The third-order valence-electron chi connectivity index (χ3n) is 1.63. The molecule has 12 heavy (non-hydrogen) atoms. The minimum absolute atomic E-state index is 0.121. The number of hydrogen-bond acceptors (Lipinski definition) is 2. The summed E-state index contributed by atoms with van der Waals surface area (Å²) in [5, 5.41) is 0. The molecule has 4 heteroatoms. The summed E-state index contributed by atoms with van der Waals surface area (Å²) < 4.78 is 4.52. The number of ether oxygens (including phenoxy) is 1. The molecular weight excluding hydrogens is 192 g/mol. The van der Waals surface area contributed by atoms with Crippen LogP contribution in [-0.2, 0) is 9.53 Å². The lowest BCUT2D eigenvalue weighted by Gasteiger charge is -2.11. The quantitative estimate of drug-likeness (QED) is 0.301. The van der Waals surface area contributed by atoms with Crippen LogP contribution in [0.25, 0.3) is 0 Å². The number of unbranched alkanes of at least 4 members (excludes halogenated alkanes) is 1. The van der Waals surface area contributed by atoms with Crippen LogP contribution >= 0.6 is 11.1 Å². The van der Waals surface area contributed by atoms with Gasteiger partial charge >= 0.3 is 5.97 Å². The molecule has 0 spiro atoms. The second kappa shape index (κ2) is 5.59. The first-order chi connectivity index (χ1) is 5.45. The highest BCUT2D eigenvalue weighted by Gasteiger charge is 2.15. The summed E-state index contributed by atoms with van der Waals surface area (Å²) in [6.45, 7) is 4.24. The Balaban J connectivity index is 3.28. The zero-order valence-corrected chi connectivity index (χ0v) is 9.78. The summed E-state index contributed by atoms with van der Waals surface area (Å²) in [6.07, 6.45) is 2.46. The highest BCUT2D eigenvalue weighted by molar-refractivity contribution is 7.19. The van der Waals surface area contributed by atoms with E-state index in [1.54, 1.807) is 0 Å². The second-order valence-electron chi connectivity index (χ2n) is 3.50. The average Bonchev–Trinajstić information content (AvgIpc) is 1.96. The van der Waals surface area contributed by atoms with E-state index in [-0.39, 0.29) is 5.97 Å². The number of halogens is 1. The number of carbonyl (C=O) groups excluding carboxylic acids is 1. The fourth-order valence-electron chi connectivity index (χ4n) is 0.917. The van der Waals surface area contributed by atoms with E-state index in [2.05, 4.69) is 17.8 Å². The standard InChI is InChI=1S/C8H17ClO2Si/c1-11-8(10)6-4-5-7-12(2,3)9/h4-7H2,1-3H3. The molecule has 0 aromatic heterocycles. The first kappa shape index (κ1) is 12.0. The van der Waals surface area contributed by atoms with Gasteiger partial charge in [-0.25, -0.2) is 0 Å². The van der Waals surface area contributed by atoms with Gasteiger partial charge in [0.25, 0.3) is 0 Å². The molecule has 0 rings (SSSR count). The summed E-state index contributed by atoms with van der Waals surface area (Å²) in [7, 11) is -0.0000948. The summed E-state index contributed by atoms with van der Waals surface area (Å²) in [4.78, 5) is 10.7. The Kier molecular flexibility index (Phi) is 5.58. The van der Waals surface area contributed by atoms with Crippen molar-refractivity contribution in [2.45, 2.75) is 38.4 Å². The van der Waals surface area contributed by atoms with Crippen molar-refractivity contribution in [1.82, 2.24) is 0 Å². The maximum Gasteiger partial charge on any atom is 0.305 e. The van der Waals surface area contributed by atoms with Crippen LogP contribution in [0.4, 0.5) is 0 Å². The van der Waals surface area contributed by atoms with Gasteiger partial charge in [0.05, 0.1) is 7.11 Å². The molecule has 2 nitrogen and oxygen atoms in total. The smallest absolute Gasteiger partial charge is 0.305 e. The van der Waals surface area contributed by atoms with E-state index in [4.69, 9.17) is 11.1 Å². The van der Waals surface area contributed by atoms with Crippen molar-refractivity contribution in [3.05, 3.63) is 0 Å². The molecule has 0 heterocycles. The number of hydrogen-bond donors (Lipinski definition) is 0. The topological polar surface area (TPSA) is 26.3 Å². The lowest BCUT2D eigenvalue weighted by atomic mass is 10.2. The third kappa shape index (κ3) is 8.08. The van der Waals surface area contributed by atoms with Gasteiger partial charge in [0, 0.05) is 6.42 Å². The largest absolute Gasteiger partial charge is 0.469 e. The monoisotopic (exact) mass is 208 g/mol. The average molecular weight is 209 g/mol. The van der Waals surface area contributed by atoms with Gasteiger partial charge in [-0.3, -0.25) is 4.79 Å². The minimum atomic E-state index is -1.42. The number of carbonyl (C=O) groups is 1. The summed E-state index contributed by atoms with van der Waals surface area (Å²) in [5.74, 6) is -0.121. The highest BCUT2D eigenvalue weighted by Crippen LogP contribution is 2.18. The fraction of sp³-hybridized carbons (Fsp3) is 0.875. The molecule has 0 radical (unpaired) electrons. The van der Waals surface area contributed by atoms with Crippen LogP contribution in [-0.4, -0.2) is 20.5 Å². The van der Waals surface area contributed by atoms with E-state index in [0.29, 0.717) is 6.42 Å². The summed E-state index contributed by atoms with van der Waals surface area (Å²) in [6, 6.07) is 1.07. The van der Waals surface area contributed by atoms with E-state index in [1.165, 1.54) is 7.11 Å². The first-order valence-electron chi connectivity index (χ1n) is 4.21. The van der Waals surface area contributed by atoms with Crippen molar-refractivity contribution >= 4 is 24.4 Å². The predicted molar refractivity (Wildman–Crippen MR) is 54.0 cm³/mol. The van der Waals surface area contributed by atoms with Gasteiger partial charge < -0.3 is 4.74 Å². The molecule has 0 fully saturated rings. The van der Waals surface area contributed by atoms with E-state index < -0.39 is 7.38 Å². The van der Waals surface area contributed by atoms with E-state index in [1.807, 2.05) is 0 Å². The first-order valence-corrected chi connectivity index (χ1v) is 8.43. The fourth-order valence-corrected chi connectivity index (χ4v) is 2.41. The molecule has 0 atom stereocenters. The van der Waals surface area contributed by atoms with Gasteiger partial charge in [-0.15, -0.1) is 0 Å². The van der Waals surface area contributed by atoms with Crippen LogP contribution in [0.3, 0.4) is 0 Å². The molecule has 0 amide bonds. The highest BCUT2D eigenvalue weighted by atomic mass is 35.6. The van der Waals surface area contributed by atoms with Gasteiger partial charge in [-0.05, 0) is 12.5 Å². The predicted octanol–water partition coefficient (Wildman–Crippen LogP) is 2.77. The van der Waals surface area contributed by atoms with Crippen LogP contribution in [0, 0.1) is 0 Å². The van der Waals surface area contributed by atoms with Gasteiger partial charge in [-0.1, -0.05) is 19.5 Å². The summed E-state index contributed by atoms with van der Waals surface area (Å²) >= 11 is 6.11. The molecule has 0 aliphatic carbocycles. The zero-order valence-electron chi connectivity index (χ0n) is 8.02. The minimum Gasteiger partial charge on any atom is -0.469 e. The van der Waals surface area contributed by atoms with Gasteiger partial charge in [0.2, 0.25) is 0 Å². The molecule has 0 saturated carbocycles. The maximum atomic E-state index is 10.7. The van der Waals surface area contributed by atoms with E-state index in [9.17, 15) is 4.79 Å². The van der Waals surface area contributed by atoms with Crippen LogP contribution < -0.4 is 0 Å². The number of esters is 1. The third-order valence-corrected chi connectivity index (χ3v) is 3.74. The van der Waals surface area contributed by atoms with Crippen molar-refractivity contribution in [3.63, 3.8) is 0 Å². The van der Waals surface area contributed by atoms with Crippen molar-refractivity contribution in [3.8, 4) is 0 Å². The van der Waals surface area contributed by atoms with Crippen LogP contribution in [0.5, 0.6) is 0 Å². The van der Waals surface area contributed by atoms with Crippen molar-refractivity contribution < 1.29 is 9.53 Å². The molecule has 0 bridgehead atoms.